The highest BCUT2D eigenvalue weighted by molar-refractivity contribution is 7.89. The van der Waals surface area contributed by atoms with Gasteiger partial charge in [-0.3, -0.25) is 9.89 Å². The maximum absolute atomic E-state index is 15.5. The Hall–Kier alpha value is -2.80. The zero-order valence-electron chi connectivity index (χ0n) is 22.5. The van der Waals surface area contributed by atoms with Crippen LogP contribution in [0.1, 0.15) is 76.6 Å². The van der Waals surface area contributed by atoms with Crippen molar-refractivity contribution in [1.82, 2.24) is 24.5 Å². The summed E-state index contributed by atoms with van der Waals surface area (Å²) in [5.41, 5.74) is 0.761. The number of sulfonamides is 1. The number of anilines is 3. The molecule has 2 aromatic rings. The molecule has 2 N–H and O–H groups in total. The van der Waals surface area contributed by atoms with Gasteiger partial charge < -0.3 is 15.0 Å². The number of aromatic nitrogens is 4. The van der Waals surface area contributed by atoms with E-state index in [4.69, 9.17) is 4.74 Å². The lowest BCUT2D eigenvalue weighted by molar-refractivity contribution is -0.145. The number of piperidine rings is 2. The molecule has 210 valence electrons. The van der Waals surface area contributed by atoms with Gasteiger partial charge in [0.15, 0.2) is 17.5 Å². The van der Waals surface area contributed by atoms with Gasteiger partial charge in [-0.1, -0.05) is 19.8 Å². The summed E-state index contributed by atoms with van der Waals surface area (Å²) in [6, 6.07) is 1.54. The van der Waals surface area contributed by atoms with Crippen LogP contribution in [-0.2, 0) is 26.2 Å². The number of hydrogen-bond donors (Lipinski definition) is 2. The van der Waals surface area contributed by atoms with Crippen LogP contribution in [0, 0.1) is 12.7 Å². The summed E-state index contributed by atoms with van der Waals surface area (Å²) in [6.07, 6.45) is 5.70. The number of carbonyl (C=O) groups is 1. The Morgan fingerprint density at radius 3 is 2.58 bits per heavy atom. The zero-order chi connectivity index (χ0) is 27.4. The van der Waals surface area contributed by atoms with Crippen molar-refractivity contribution >= 4 is 33.6 Å². The lowest BCUT2D eigenvalue weighted by Gasteiger charge is -2.49. The Morgan fingerprint density at radius 2 is 1.97 bits per heavy atom. The van der Waals surface area contributed by atoms with Crippen molar-refractivity contribution < 1.29 is 22.3 Å². The van der Waals surface area contributed by atoms with Crippen molar-refractivity contribution in [2.45, 2.75) is 96.9 Å². The van der Waals surface area contributed by atoms with Crippen LogP contribution in [0.2, 0.25) is 0 Å². The predicted molar refractivity (Wildman–Crippen MR) is 142 cm³/mol. The van der Waals surface area contributed by atoms with Crippen LogP contribution in [0.15, 0.2) is 6.07 Å². The number of aromatic amines is 1. The van der Waals surface area contributed by atoms with Gasteiger partial charge in [-0.25, -0.2) is 17.8 Å². The van der Waals surface area contributed by atoms with E-state index in [2.05, 4.69) is 25.5 Å². The number of esters is 1. The topological polar surface area (TPSA) is 133 Å². The maximum Gasteiger partial charge on any atom is 0.306 e. The van der Waals surface area contributed by atoms with E-state index in [0.29, 0.717) is 25.1 Å². The summed E-state index contributed by atoms with van der Waals surface area (Å²) >= 11 is 0. The monoisotopic (exact) mass is 551 g/mol. The molecule has 2 aromatic heterocycles. The molecule has 38 heavy (non-hydrogen) atoms. The number of rotatable bonds is 11. The molecule has 0 aliphatic carbocycles. The van der Waals surface area contributed by atoms with Gasteiger partial charge in [-0.2, -0.15) is 14.4 Å². The summed E-state index contributed by atoms with van der Waals surface area (Å²) < 4.78 is 48.1. The minimum absolute atomic E-state index is 0.0282. The van der Waals surface area contributed by atoms with Gasteiger partial charge >= 0.3 is 5.97 Å². The highest BCUT2D eigenvalue weighted by atomic mass is 32.2. The number of halogens is 1. The predicted octanol–water partition coefficient (Wildman–Crippen LogP) is 3.80. The van der Waals surface area contributed by atoms with Crippen molar-refractivity contribution in [2.75, 3.05) is 23.0 Å². The molecule has 4 rings (SSSR count). The van der Waals surface area contributed by atoms with Gasteiger partial charge in [-0.05, 0) is 46.0 Å². The van der Waals surface area contributed by atoms with Crippen LogP contribution < -0.4 is 10.2 Å². The van der Waals surface area contributed by atoms with Gasteiger partial charge in [0, 0.05) is 43.4 Å². The molecule has 0 unspecified atom stereocenters. The number of H-pyrrole nitrogens is 1. The number of ether oxygens (including phenoxy) is 1. The molecule has 2 aliphatic rings. The van der Waals surface area contributed by atoms with E-state index < -0.39 is 21.8 Å². The molecule has 0 spiro atoms. The first-order valence-electron chi connectivity index (χ1n) is 13.4. The lowest BCUT2D eigenvalue weighted by atomic mass is 9.83. The average Bonchev–Trinajstić information content (AvgIpc) is 3.30. The van der Waals surface area contributed by atoms with Crippen molar-refractivity contribution in [3.05, 3.63) is 23.3 Å². The molecule has 2 fully saturated rings. The third-order valence-electron chi connectivity index (χ3n) is 7.40. The van der Waals surface area contributed by atoms with Crippen LogP contribution in [0.5, 0.6) is 0 Å². The summed E-state index contributed by atoms with van der Waals surface area (Å²) in [5, 5.41) is 9.82. The lowest BCUT2D eigenvalue weighted by Crippen LogP contribution is -2.58. The molecular formula is C25H38FN7O4S. The SMILES string of the molecule is CCCCC(=O)OCc1nc(N(C)[C@H]2C[C@H]3CCC[C@@H](C2)N3S(=O)(=O)CC)nc(Nc2cc(C)[nH]n2)c1F. The third kappa shape index (κ3) is 6.25. The fourth-order valence-electron chi connectivity index (χ4n) is 5.35. The Kier molecular flexibility index (Phi) is 8.86. The normalized spacial score (nSPS) is 21.8. The summed E-state index contributed by atoms with van der Waals surface area (Å²) in [6.45, 7) is 5.17. The van der Waals surface area contributed by atoms with E-state index in [1.165, 1.54) is 0 Å². The number of carbonyl (C=O) groups excluding carboxylic acids is 1. The smallest absolute Gasteiger partial charge is 0.306 e. The molecule has 0 saturated carbocycles. The van der Waals surface area contributed by atoms with E-state index in [1.54, 1.807) is 17.3 Å². The van der Waals surface area contributed by atoms with Crippen LogP contribution in [-0.4, -0.2) is 69.8 Å². The molecule has 2 aliphatic heterocycles. The summed E-state index contributed by atoms with van der Waals surface area (Å²) in [7, 11) is -1.46. The molecule has 0 radical (unpaired) electrons. The van der Waals surface area contributed by atoms with Crippen LogP contribution >= 0.6 is 0 Å². The Labute approximate surface area is 223 Å². The first-order chi connectivity index (χ1) is 18.1. The first-order valence-corrected chi connectivity index (χ1v) is 15.0. The third-order valence-corrected chi connectivity index (χ3v) is 9.37. The minimum Gasteiger partial charge on any atom is -0.459 e. The number of nitrogens with one attached hydrogen (secondary N) is 2. The standard InChI is InChI=1S/C25H38FN7O4S/c1-5-7-11-22(34)37-15-20-23(26)24(28-21-12-16(3)30-31-21)29-25(27-20)32(4)19-13-17-9-8-10-18(14-19)33(17)38(35,36)6-2/h12,17-19H,5-11,13-15H2,1-4H3,(H2,27,28,29,30,31)/t17-,18+,19+. The van der Waals surface area contributed by atoms with E-state index in [-0.39, 0.29) is 54.4 Å². The largest absolute Gasteiger partial charge is 0.459 e. The van der Waals surface area contributed by atoms with Crippen molar-refractivity contribution in [3.63, 3.8) is 0 Å². The van der Waals surface area contributed by atoms with Gasteiger partial charge in [-0.15, -0.1) is 0 Å². The maximum atomic E-state index is 15.5. The van der Waals surface area contributed by atoms with E-state index in [0.717, 1.165) is 31.4 Å². The first kappa shape index (κ1) is 28.2. The Balaban J connectivity index is 1.60. The van der Waals surface area contributed by atoms with E-state index >= 15 is 4.39 Å². The number of fused-ring (bicyclic) bond motifs is 2. The highest BCUT2D eigenvalue weighted by Crippen LogP contribution is 2.38. The van der Waals surface area contributed by atoms with Gasteiger partial charge in [0.1, 0.15) is 12.3 Å². The molecule has 2 saturated heterocycles. The summed E-state index contributed by atoms with van der Waals surface area (Å²) in [5.74, 6) is -0.438. The Morgan fingerprint density at radius 1 is 1.26 bits per heavy atom. The fraction of sp³-hybridized carbons (Fsp3) is 0.680. The second kappa shape index (κ2) is 11.9. The van der Waals surface area contributed by atoms with Crippen molar-refractivity contribution in [2.24, 2.45) is 0 Å². The molecular weight excluding hydrogens is 513 g/mol. The van der Waals surface area contributed by atoms with Crippen LogP contribution in [0.25, 0.3) is 0 Å². The molecule has 13 heteroatoms. The Bertz CT molecular complexity index is 1220. The fourth-order valence-corrected chi connectivity index (χ4v) is 6.94. The molecule has 0 aromatic carbocycles. The van der Waals surface area contributed by atoms with E-state index in [9.17, 15) is 13.2 Å². The molecule has 11 nitrogen and oxygen atoms in total. The quantitative estimate of drug-likeness (QED) is 0.400. The molecule has 2 bridgehead atoms. The molecule has 4 heterocycles. The molecule has 0 amide bonds. The van der Waals surface area contributed by atoms with Crippen molar-refractivity contribution in [3.8, 4) is 0 Å². The summed E-state index contributed by atoms with van der Waals surface area (Å²) in [4.78, 5) is 22.9. The van der Waals surface area contributed by atoms with Gasteiger partial charge in [0.25, 0.3) is 0 Å². The number of unbranched alkanes of at least 4 members (excludes halogenated alkanes) is 1. The van der Waals surface area contributed by atoms with Crippen LogP contribution in [0.4, 0.5) is 22.0 Å². The van der Waals surface area contributed by atoms with E-state index in [1.807, 2.05) is 25.8 Å². The molecule has 3 atom stereocenters. The number of hydrogen-bond acceptors (Lipinski definition) is 9. The van der Waals surface area contributed by atoms with Crippen LogP contribution in [0.3, 0.4) is 0 Å². The van der Waals surface area contributed by atoms with Gasteiger partial charge in [0.2, 0.25) is 16.0 Å². The number of aryl methyl sites for hydroxylation is 1. The second-order valence-electron chi connectivity index (χ2n) is 10.2. The van der Waals surface area contributed by atoms with Gasteiger partial charge in [0.05, 0.1) is 5.75 Å². The minimum atomic E-state index is -3.30. The van der Waals surface area contributed by atoms with Crippen molar-refractivity contribution in [1.29, 1.82) is 0 Å². The number of nitrogens with zero attached hydrogens (tertiary/aromatic N) is 5. The highest BCUT2D eigenvalue weighted by Gasteiger charge is 2.45. The average molecular weight is 552 g/mol. The zero-order valence-corrected chi connectivity index (χ0v) is 23.4. The second-order valence-corrected chi connectivity index (χ2v) is 12.3.